The number of rotatable bonds is 2. The molecule has 0 fully saturated rings. The number of nitrogens with one attached hydrogen (secondary N) is 1. The maximum absolute atomic E-state index is 12.0. The number of nitrogens with zero attached hydrogens (tertiary/aromatic N) is 2. The van der Waals surface area contributed by atoms with Crippen LogP contribution in [0, 0.1) is 0 Å². The van der Waals surface area contributed by atoms with Crippen molar-refractivity contribution in [2.45, 2.75) is 0 Å². The van der Waals surface area contributed by atoms with Gasteiger partial charge in [-0.3, -0.25) is 9.78 Å². The largest absolute Gasteiger partial charge is 0.508 e. The van der Waals surface area contributed by atoms with Crippen molar-refractivity contribution < 1.29 is 10.0 Å². The molecule has 3 rings (SSSR count). The number of aromatic amines is 1. The molecule has 3 N–H and O–H groups in total. The molecule has 0 saturated heterocycles. The number of pyridine rings is 1. The third-order valence-corrected chi connectivity index (χ3v) is 2.94. The minimum absolute atomic E-state index is 0.136. The Labute approximate surface area is 113 Å². The van der Waals surface area contributed by atoms with Crippen molar-refractivity contribution in [3.63, 3.8) is 0 Å². The van der Waals surface area contributed by atoms with E-state index in [-0.39, 0.29) is 11.2 Å². The van der Waals surface area contributed by atoms with Gasteiger partial charge in [0.25, 0.3) is 5.56 Å². The summed E-state index contributed by atoms with van der Waals surface area (Å²) >= 11 is 0. The van der Waals surface area contributed by atoms with E-state index in [4.69, 9.17) is 10.0 Å². The van der Waals surface area contributed by atoms with Gasteiger partial charge in [-0.1, -0.05) is 12.1 Å². The maximum atomic E-state index is 12.0. The minimum atomic E-state index is -1.62. The van der Waals surface area contributed by atoms with Crippen molar-refractivity contribution in [2.24, 2.45) is 0 Å². The van der Waals surface area contributed by atoms with Crippen LogP contribution >= 0.6 is 0 Å². The van der Waals surface area contributed by atoms with Gasteiger partial charge in [-0.2, -0.15) is 0 Å². The van der Waals surface area contributed by atoms with Crippen LogP contribution in [0.2, 0.25) is 0 Å². The molecule has 0 bridgehead atoms. The van der Waals surface area contributed by atoms with Crippen molar-refractivity contribution >= 4 is 23.6 Å². The van der Waals surface area contributed by atoms with Gasteiger partial charge in [-0.05, 0) is 24.3 Å². The number of aromatic nitrogens is 3. The van der Waals surface area contributed by atoms with E-state index in [1.807, 2.05) is 6.07 Å². The van der Waals surface area contributed by atoms with Crippen molar-refractivity contribution in [1.82, 2.24) is 15.0 Å². The van der Waals surface area contributed by atoms with E-state index in [0.29, 0.717) is 22.3 Å². The first-order chi connectivity index (χ1) is 9.65. The Balaban J connectivity index is 2.12. The van der Waals surface area contributed by atoms with Crippen molar-refractivity contribution in [2.75, 3.05) is 0 Å². The fourth-order valence-electron chi connectivity index (χ4n) is 1.92. The number of para-hydroxylation sites is 1. The van der Waals surface area contributed by atoms with E-state index in [1.165, 1.54) is 12.3 Å². The number of fused-ring (bicyclic) bond motifs is 1. The first-order valence-corrected chi connectivity index (χ1v) is 5.96. The number of benzene rings is 1. The summed E-state index contributed by atoms with van der Waals surface area (Å²) < 4.78 is 0. The maximum Gasteiger partial charge on any atom is 0.508 e. The molecule has 0 aliphatic carbocycles. The van der Waals surface area contributed by atoms with E-state index in [1.54, 1.807) is 24.3 Å². The molecule has 6 nitrogen and oxygen atoms in total. The molecule has 0 atom stereocenters. The minimum Gasteiger partial charge on any atom is -0.422 e. The summed E-state index contributed by atoms with van der Waals surface area (Å²) in [5.41, 5.74) is 1.10. The monoisotopic (exact) mass is 267 g/mol. The Hall–Kier alpha value is -2.51. The molecule has 0 spiro atoms. The van der Waals surface area contributed by atoms with E-state index < -0.39 is 7.12 Å². The molecule has 7 heteroatoms. The van der Waals surface area contributed by atoms with Crippen LogP contribution in [-0.2, 0) is 0 Å². The molecule has 0 radical (unpaired) electrons. The fourth-order valence-corrected chi connectivity index (χ4v) is 1.92. The Morgan fingerprint density at radius 3 is 2.60 bits per heavy atom. The van der Waals surface area contributed by atoms with Crippen molar-refractivity contribution in [1.29, 1.82) is 0 Å². The lowest BCUT2D eigenvalue weighted by molar-refractivity contribution is 0.424. The molecule has 2 aromatic heterocycles. The van der Waals surface area contributed by atoms with Crippen LogP contribution in [0.3, 0.4) is 0 Å². The molecule has 98 valence electrons. The lowest BCUT2D eigenvalue weighted by atomic mass is 9.85. The first-order valence-electron chi connectivity index (χ1n) is 5.96. The SMILES string of the molecule is O=c1[nH]c(-c2ccc(B(O)O)nc2)nc2ccccc12. The zero-order chi connectivity index (χ0) is 14.1. The van der Waals surface area contributed by atoms with Crippen molar-refractivity contribution in [3.05, 3.63) is 52.9 Å². The van der Waals surface area contributed by atoms with Gasteiger partial charge in [0.15, 0.2) is 0 Å². The summed E-state index contributed by atoms with van der Waals surface area (Å²) in [5, 5.41) is 18.5. The third-order valence-electron chi connectivity index (χ3n) is 2.94. The molecular weight excluding hydrogens is 257 g/mol. The second-order valence-electron chi connectivity index (χ2n) is 4.28. The first kappa shape index (κ1) is 12.5. The summed E-state index contributed by atoms with van der Waals surface area (Å²) in [6.07, 6.45) is 1.43. The lowest BCUT2D eigenvalue weighted by Crippen LogP contribution is -2.32. The average Bonchev–Trinajstić information content (AvgIpc) is 2.47. The third kappa shape index (κ3) is 2.20. The predicted molar refractivity (Wildman–Crippen MR) is 75.4 cm³/mol. The second kappa shape index (κ2) is 4.88. The zero-order valence-electron chi connectivity index (χ0n) is 10.3. The summed E-state index contributed by atoms with van der Waals surface area (Å²) in [6.45, 7) is 0. The standard InChI is InChI=1S/C13H10BN3O3/c18-13-9-3-1-2-4-10(9)16-12(17-13)8-5-6-11(14(19)20)15-7-8/h1-7,19-20H,(H,16,17,18). The van der Waals surface area contributed by atoms with Crippen LogP contribution in [-0.4, -0.2) is 32.1 Å². The van der Waals surface area contributed by atoms with Crippen LogP contribution in [0.5, 0.6) is 0 Å². The van der Waals surface area contributed by atoms with Crippen LogP contribution in [0.25, 0.3) is 22.3 Å². The van der Waals surface area contributed by atoms with E-state index in [9.17, 15) is 4.79 Å². The topological polar surface area (TPSA) is 99.1 Å². The Morgan fingerprint density at radius 2 is 1.90 bits per heavy atom. The summed E-state index contributed by atoms with van der Waals surface area (Å²) in [4.78, 5) is 22.9. The summed E-state index contributed by atoms with van der Waals surface area (Å²) in [7, 11) is -1.62. The number of H-pyrrole nitrogens is 1. The average molecular weight is 267 g/mol. The predicted octanol–water partition coefficient (Wildman–Crippen LogP) is -0.335. The molecule has 20 heavy (non-hydrogen) atoms. The molecule has 0 amide bonds. The Bertz CT molecular complexity index is 815. The molecule has 0 aliphatic heterocycles. The van der Waals surface area contributed by atoms with Gasteiger partial charge in [0.05, 0.1) is 16.5 Å². The highest BCUT2D eigenvalue weighted by Crippen LogP contribution is 2.14. The molecule has 3 aromatic rings. The smallest absolute Gasteiger partial charge is 0.422 e. The quantitative estimate of drug-likeness (QED) is 0.552. The van der Waals surface area contributed by atoms with Gasteiger partial charge in [-0.15, -0.1) is 0 Å². The fraction of sp³-hybridized carbons (Fsp3) is 0. The molecule has 0 saturated carbocycles. The van der Waals surface area contributed by atoms with Crippen LogP contribution in [0.15, 0.2) is 47.4 Å². The number of hydrogen-bond donors (Lipinski definition) is 3. The molecule has 1 aromatic carbocycles. The summed E-state index contributed by atoms with van der Waals surface area (Å²) in [5.74, 6) is 0.389. The molecule has 0 aliphatic rings. The van der Waals surface area contributed by atoms with Gasteiger partial charge in [0.2, 0.25) is 0 Å². The molecule has 2 heterocycles. The molecule has 0 unspecified atom stereocenters. The van der Waals surface area contributed by atoms with E-state index in [0.717, 1.165) is 0 Å². The van der Waals surface area contributed by atoms with Crippen molar-refractivity contribution in [3.8, 4) is 11.4 Å². The highest BCUT2D eigenvalue weighted by Gasteiger charge is 2.13. The Morgan fingerprint density at radius 1 is 1.10 bits per heavy atom. The summed E-state index contributed by atoms with van der Waals surface area (Å²) in [6, 6.07) is 10.1. The lowest BCUT2D eigenvalue weighted by Gasteiger charge is -2.04. The number of hydrogen-bond acceptors (Lipinski definition) is 5. The highest BCUT2D eigenvalue weighted by atomic mass is 16.4. The van der Waals surface area contributed by atoms with Gasteiger partial charge in [0.1, 0.15) is 5.82 Å². The van der Waals surface area contributed by atoms with Gasteiger partial charge in [-0.25, -0.2) is 4.98 Å². The zero-order valence-corrected chi connectivity index (χ0v) is 10.3. The van der Waals surface area contributed by atoms with Gasteiger partial charge >= 0.3 is 7.12 Å². The normalized spacial score (nSPS) is 10.7. The van der Waals surface area contributed by atoms with Gasteiger partial charge in [0, 0.05) is 11.8 Å². The highest BCUT2D eigenvalue weighted by molar-refractivity contribution is 6.57. The Kier molecular flexibility index (Phi) is 3.05. The van der Waals surface area contributed by atoms with E-state index >= 15 is 0 Å². The van der Waals surface area contributed by atoms with Crippen LogP contribution < -0.4 is 11.2 Å². The van der Waals surface area contributed by atoms with Crippen LogP contribution in [0.1, 0.15) is 0 Å². The van der Waals surface area contributed by atoms with Crippen LogP contribution in [0.4, 0.5) is 0 Å². The second-order valence-corrected chi connectivity index (χ2v) is 4.28. The molecular formula is C13H10BN3O3. The van der Waals surface area contributed by atoms with E-state index in [2.05, 4.69) is 15.0 Å². The van der Waals surface area contributed by atoms with Gasteiger partial charge < -0.3 is 15.0 Å².